The van der Waals surface area contributed by atoms with E-state index in [1.165, 1.54) is 51.7 Å². The normalized spacial score (nSPS) is 25.5. The first-order chi connectivity index (χ1) is 10.3. The molecule has 2 unspecified atom stereocenters. The van der Waals surface area contributed by atoms with Gasteiger partial charge in [0.1, 0.15) is 0 Å². The number of benzene rings is 1. The van der Waals surface area contributed by atoms with Gasteiger partial charge in [-0.2, -0.15) is 0 Å². The van der Waals surface area contributed by atoms with Gasteiger partial charge in [0.05, 0.1) is 0 Å². The van der Waals surface area contributed by atoms with Crippen molar-refractivity contribution in [3.63, 3.8) is 0 Å². The highest BCUT2D eigenvalue weighted by Gasteiger charge is 2.27. The van der Waals surface area contributed by atoms with Crippen molar-refractivity contribution in [1.29, 1.82) is 0 Å². The van der Waals surface area contributed by atoms with Gasteiger partial charge in [-0.05, 0) is 75.7 Å². The van der Waals surface area contributed by atoms with Gasteiger partial charge in [-0.1, -0.05) is 31.2 Å². The molecular weight excluding hydrogens is 256 g/mol. The van der Waals surface area contributed by atoms with Crippen LogP contribution in [0, 0.1) is 5.92 Å². The molecule has 2 heteroatoms. The molecule has 0 bridgehead atoms. The summed E-state index contributed by atoms with van der Waals surface area (Å²) in [6, 6.07) is 10.2. The number of nitrogens with zero attached hydrogens (tertiary/aromatic N) is 1. The lowest BCUT2D eigenvalue weighted by Gasteiger charge is -2.37. The molecule has 0 saturated carbocycles. The predicted octanol–water partition coefficient (Wildman–Crippen LogP) is 3.77. The molecule has 2 atom stereocenters. The molecule has 1 saturated heterocycles. The van der Waals surface area contributed by atoms with Crippen LogP contribution in [0.15, 0.2) is 24.3 Å². The Balaban J connectivity index is 1.60. The second-order valence-electron chi connectivity index (χ2n) is 6.87. The van der Waals surface area contributed by atoms with Crippen LogP contribution in [0.25, 0.3) is 0 Å². The molecule has 1 heterocycles. The molecule has 3 rings (SSSR count). The van der Waals surface area contributed by atoms with E-state index in [2.05, 4.69) is 48.3 Å². The molecule has 116 valence electrons. The molecule has 0 amide bonds. The smallest absolute Gasteiger partial charge is 0.0325 e. The molecule has 1 fully saturated rings. The van der Waals surface area contributed by atoms with Crippen LogP contribution in [0.5, 0.6) is 0 Å². The third-order valence-electron chi connectivity index (χ3n) is 5.62. The molecule has 1 aromatic carbocycles. The van der Waals surface area contributed by atoms with E-state index >= 15 is 0 Å². The van der Waals surface area contributed by atoms with E-state index in [9.17, 15) is 0 Å². The summed E-state index contributed by atoms with van der Waals surface area (Å²) >= 11 is 0. The summed E-state index contributed by atoms with van der Waals surface area (Å²) < 4.78 is 0. The number of nitrogens with one attached hydrogen (secondary N) is 1. The number of likely N-dealkylation sites (tertiary alicyclic amines) is 1. The Kier molecular flexibility index (Phi) is 4.97. The van der Waals surface area contributed by atoms with Gasteiger partial charge in [-0.25, -0.2) is 0 Å². The summed E-state index contributed by atoms with van der Waals surface area (Å²) in [6.45, 7) is 8.47. The van der Waals surface area contributed by atoms with Gasteiger partial charge in [-0.3, -0.25) is 0 Å². The minimum atomic E-state index is 0.578. The summed E-state index contributed by atoms with van der Waals surface area (Å²) in [5, 5.41) is 3.96. The Morgan fingerprint density at radius 1 is 1.19 bits per heavy atom. The quantitative estimate of drug-likeness (QED) is 0.906. The van der Waals surface area contributed by atoms with Crippen molar-refractivity contribution in [2.24, 2.45) is 5.92 Å². The molecule has 21 heavy (non-hydrogen) atoms. The fourth-order valence-corrected chi connectivity index (χ4v) is 4.15. The second-order valence-corrected chi connectivity index (χ2v) is 6.87. The van der Waals surface area contributed by atoms with E-state index in [0.717, 1.165) is 5.92 Å². The van der Waals surface area contributed by atoms with E-state index in [1.807, 2.05) is 0 Å². The Morgan fingerprint density at radius 2 is 1.95 bits per heavy atom. The number of piperidine rings is 1. The molecule has 0 aromatic heterocycles. The van der Waals surface area contributed by atoms with E-state index in [1.54, 1.807) is 11.1 Å². The first kappa shape index (κ1) is 15.1. The zero-order valence-electron chi connectivity index (χ0n) is 13.6. The molecule has 0 radical (unpaired) electrons. The van der Waals surface area contributed by atoms with Crippen LogP contribution in [-0.4, -0.2) is 30.6 Å². The third-order valence-corrected chi connectivity index (χ3v) is 5.62. The third kappa shape index (κ3) is 3.49. The minimum Gasteiger partial charge on any atom is -0.307 e. The number of hydrogen-bond donors (Lipinski definition) is 1. The van der Waals surface area contributed by atoms with Crippen LogP contribution < -0.4 is 5.32 Å². The Hall–Kier alpha value is -0.860. The van der Waals surface area contributed by atoms with E-state index < -0.39 is 0 Å². The van der Waals surface area contributed by atoms with Gasteiger partial charge in [0, 0.05) is 12.1 Å². The first-order valence-electron chi connectivity index (χ1n) is 8.84. The zero-order chi connectivity index (χ0) is 14.7. The lowest BCUT2D eigenvalue weighted by Crippen LogP contribution is -2.43. The van der Waals surface area contributed by atoms with E-state index in [4.69, 9.17) is 0 Å². The molecule has 1 N–H and O–H groups in total. The van der Waals surface area contributed by atoms with Crippen LogP contribution in [0.2, 0.25) is 0 Å². The zero-order valence-corrected chi connectivity index (χ0v) is 13.6. The largest absolute Gasteiger partial charge is 0.307 e. The highest BCUT2D eigenvalue weighted by molar-refractivity contribution is 5.32. The summed E-state index contributed by atoms with van der Waals surface area (Å²) in [4.78, 5) is 2.58. The molecule has 1 aliphatic carbocycles. The van der Waals surface area contributed by atoms with Crippen LogP contribution >= 0.6 is 0 Å². The lowest BCUT2D eigenvalue weighted by molar-refractivity contribution is 0.162. The van der Waals surface area contributed by atoms with Crippen LogP contribution in [0.4, 0.5) is 0 Å². The fourth-order valence-electron chi connectivity index (χ4n) is 4.15. The topological polar surface area (TPSA) is 15.3 Å². The Labute approximate surface area is 129 Å². The summed E-state index contributed by atoms with van der Waals surface area (Å²) in [5.74, 6) is 0.849. The van der Waals surface area contributed by atoms with Crippen molar-refractivity contribution in [3.8, 4) is 0 Å². The molecule has 2 nitrogen and oxygen atoms in total. The average Bonchev–Trinajstić information content (AvgIpc) is 2.55. The monoisotopic (exact) mass is 286 g/mol. The van der Waals surface area contributed by atoms with Gasteiger partial charge in [-0.15, -0.1) is 0 Å². The summed E-state index contributed by atoms with van der Waals surface area (Å²) in [7, 11) is 0. The molecule has 2 aliphatic rings. The summed E-state index contributed by atoms with van der Waals surface area (Å²) in [6.07, 6.45) is 6.61. The number of rotatable bonds is 4. The van der Waals surface area contributed by atoms with Crippen molar-refractivity contribution in [2.45, 2.75) is 58.0 Å². The maximum atomic E-state index is 3.96. The summed E-state index contributed by atoms with van der Waals surface area (Å²) in [5.41, 5.74) is 3.12. The van der Waals surface area contributed by atoms with Crippen molar-refractivity contribution in [3.05, 3.63) is 35.4 Å². The van der Waals surface area contributed by atoms with Crippen LogP contribution in [-0.2, 0) is 6.42 Å². The van der Waals surface area contributed by atoms with Gasteiger partial charge in [0.25, 0.3) is 0 Å². The van der Waals surface area contributed by atoms with Crippen molar-refractivity contribution in [1.82, 2.24) is 10.2 Å². The second kappa shape index (κ2) is 6.93. The predicted molar refractivity (Wildman–Crippen MR) is 89.6 cm³/mol. The number of hydrogen-bond acceptors (Lipinski definition) is 2. The lowest BCUT2D eigenvalue weighted by atomic mass is 9.85. The van der Waals surface area contributed by atoms with Gasteiger partial charge in [0.2, 0.25) is 0 Å². The molecule has 1 aromatic rings. The van der Waals surface area contributed by atoms with Gasteiger partial charge in [0.15, 0.2) is 0 Å². The maximum absolute atomic E-state index is 3.96. The Bertz CT molecular complexity index is 449. The molecule has 0 spiro atoms. The van der Waals surface area contributed by atoms with Crippen molar-refractivity contribution < 1.29 is 0 Å². The maximum Gasteiger partial charge on any atom is 0.0325 e. The van der Waals surface area contributed by atoms with E-state index in [-0.39, 0.29) is 0 Å². The average molecular weight is 286 g/mol. The SMILES string of the molecule is CCN1CCC(C(C)NC2CCCc3ccccc32)CC1. The highest BCUT2D eigenvalue weighted by Crippen LogP contribution is 2.31. The van der Waals surface area contributed by atoms with Gasteiger partial charge >= 0.3 is 0 Å². The number of fused-ring (bicyclic) bond motifs is 1. The van der Waals surface area contributed by atoms with E-state index in [0.29, 0.717) is 12.1 Å². The fraction of sp³-hybridized carbons (Fsp3) is 0.684. The Morgan fingerprint density at radius 3 is 2.71 bits per heavy atom. The first-order valence-corrected chi connectivity index (χ1v) is 8.84. The van der Waals surface area contributed by atoms with Crippen LogP contribution in [0.3, 0.4) is 0 Å². The minimum absolute atomic E-state index is 0.578. The standard InChI is InChI=1S/C19H30N2/c1-3-21-13-11-16(12-14-21)15(2)20-19-10-6-8-17-7-4-5-9-18(17)19/h4-5,7,9,15-16,19-20H,3,6,8,10-14H2,1-2H3. The molecular formula is C19H30N2. The molecule has 1 aliphatic heterocycles. The highest BCUT2D eigenvalue weighted by atomic mass is 15.1. The van der Waals surface area contributed by atoms with Gasteiger partial charge < -0.3 is 10.2 Å². The number of aryl methyl sites for hydroxylation is 1. The van der Waals surface area contributed by atoms with Crippen molar-refractivity contribution >= 4 is 0 Å². The van der Waals surface area contributed by atoms with Crippen molar-refractivity contribution in [2.75, 3.05) is 19.6 Å². The van der Waals surface area contributed by atoms with Crippen LogP contribution in [0.1, 0.15) is 56.7 Å².